The predicted molar refractivity (Wildman–Crippen MR) is 110 cm³/mol. The van der Waals surface area contributed by atoms with Gasteiger partial charge in [0.2, 0.25) is 0 Å². The van der Waals surface area contributed by atoms with Crippen LogP contribution >= 0.6 is 0 Å². The Labute approximate surface area is 165 Å². The highest BCUT2D eigenvalue weighted by molar-refractivity contribution is 5.81. The molecule has 0 bridgehead atoms. The van der Waals surface area contributed by atoms with Crippen molar-refractivity contribution in [3.63, 3.8) is 0 Å². The molecule has 4 aromatic rings. The third-order valence-corrected chi connectivity index (χ3v) is 4.25. The van der Waals surface area contributed by atoms with Gasteiger partial charge in [-0.2, -0.15) is 9.78 Å². The Balaban J connectivity index is 1.75. The van der Waals surface area contributed by atoms with Gasteiger partial charge in [0.1, 0.15) is 12.4 Å². The molecule has 4 rings (SSSR count). The van der Waals surface area contributed by atoms with Crippen LogP contribution in [0.4, 0.5) is 0 Å². The van der Waals surface area contributed by atoms with Crippen molar-refractivity contribution in [3.05, 3.63) is 94.5 Å². The topological polar surface area (TPSA) is 96.9 Å². The average molecular weight is 387 g/mol. The molecule has 0 saturated heterocycles. The normalized spacial score (nSPS) is 11.2. The summed E-state index contributed by atoms with van der Waals surface area (Å²) in [5, 5.41) is 23.8. The molecule has 144 valence electrons. The molecule has 29 heavy (non-hydrogen) atoms. The SMILES string of the molecule is O=c1c2ccccc2nc(COc2ccccc2)n1/N=C/c1ccc(O)c(O)c1. The van der Waals surface area contributed by atoms with Gasteiger partial charge >= 0.3 is 0 Å². The molecule has 0 saturated carbocycles. The zero-order valence-electron chi connectivity index (χ0n) is 15.3. The van der Waals surface area contributed by atoms with Crippen LogP contribution in [0.5, 0.6) is 17.2 Å². The van der Waals surface area contributed by atoms with Crippen LogP contribution in [-0.2, 0) is 6.61 Å². The number of rotatable bonds is 5. The van der Waals surface area contributed by atoms with Gasteiger partial charge in [-0.1, -0.05) is 30.3 Å². The lowest BCUT2D eigenvalue weighted by Gasteiger charge is -2.10. The molecule has 0 aliphatic carbocycles. The Kier molecular flexibility index (Phi) is 4.94. The van der Waals surface area contributed by atoms with Crippen LogP contribution in [-0.4, -0.2) is 26.1 Å². The minimum absolute atomic E-state index is 0.0439. The van der Waals surface area contributed by atoms with Crippen LogP contribution in [0, 0.1) is 0 Å². The lowest BCUT2D eigenvalue weighted by atomic mass is 10.2. The molecule has 0 radical (unpaired) electrons. The molecule has 0 aliphatic heterocycles. The number of ether oxygens (including phenoxy) is 1. The van der Waals surface area contributed by atoms with Crippen LogP contribution in [0.1, 0.15) is 11.4 Å². The van der Waals surface area contributed by atoms with Gasteiger partial charge in [0, 0.05) is 0 Å². The van der Waals surface area contributed by atoms with E-state index < -0.39 is 0 Å². The Hall–Kier alpha value is -4.13. The molecule has 0 fully saturated rings. The van der Waals surface area contributed by atoms with Crippen molar-refractivity contribution < 1.29 is 14.9 Å². The minimum atomic E-state index is -0.332. The molecule has 7 nitrogen and oxygen atoms in total. The third-order valence-electron chi connectivity index (χ3n) is 4.25. The first kappa shape index (κ1) is 18.2. The highest BCUT2D eigenvalue weighted by atomic mass is 16.5. The van der Waals surface area contributed by atoms with Gasteiger partial charge in [-0.25, -0.2) is 4.98 Å². The summed E-state index contributed by atoms with van der Waals surface area (Å²) in [6, 6.07) is 20.5. The fraction of sp³-hybridized carbons (Fsp3) is 0.0455. The van der Waals surface area contributed by atoms with E-state index in [1.807, 2.05) is 36.4 Å². The second-order valence-electron chi connectivity index (χ2n) is 6.26. The maximum absolute atomic E-state index is 13.0. The van der Waals surface area contributed by atoms with Crippen LogP contribution in [0.15, 0.2) is 82.7 Å². The summed E-state index contributed by atoms with van der Waals surface area (Å²) in [4.78, 5) is 17.5. The van der Waals surface area contributed by atoms with Gasteiger partial charge in [-0.3, -0.25) is 4.79 Å². The number of hydrogen-bond donors (Lipinski definition) is 2. The Morgan fingerprint density at radius 1 is 0.966 bits per heavy atom. The van der Waals surface area contributed by atoms with E-state index in [1.165, 1.54) is 23.0 Å². The number of phenolic OH excluding ortho intramolecular Hbond substituents is 2. The maximum Gasteiger partial charge on any atom is 0.282 e. The molecule has 3 aromatic carbocycles. The average Bonchev–Trinajstić information content (AvgIpc) is 2.75. The summed E-state index contributed by atoms with van der Waals surface area (Å²) in [7, 11) is 0. The van der Waals surface area contributed by atoms with Gasteiger partial charge in [0.25, 0.3) is 5.56 Å². The number of nitrogens with zero attached hydrogens (tertiary/aromatic N) is 3. The molecular formula is C22H17N3O4. The number of phenols is 2. The highest BCUT2D eigenvalue weighted by Gasteiger charge is 2.11. The van der Waals surface area contributed by atoms with Crippen LogP contribution in [0.2, 0.25) is 0 Å². The summed E-state index contributed by atoms with van der Waals surface area (Å²) in [5.41, 5.74) is 0.731. The van der Waals surface area contributed by atoms with Crippen LogP contribution < -0.4 is 10.3 Å². The highest BCUT2D eigenvalue weighted by Crippen LogP contribution is 2.24. The third kappa shape index (κ3) is 3.93. The number of para-hydroxylation sites is 2. The minimum Gasteiger partial charge on any atom is -0.504 e. The summed E-state index contributed by atoms with van der Waals surface area (Å²) in [5.74, 6) is 0.472. The Morgan fingerprint density at radius 3 is 2.52 bits per heavy atom. The van der Waals surface area contributed by atoms with Crippen LogP contribution in [0.25, 0.3) is 10.9 Å². The van der Waals surface area contributed by atoms with E-state index in [0.29, 0.717) is 28.0 Å². The fourth-order valence-corrected chi connectivity index (χ4v) is 2.79. The van der Waals surface area contributed by atoms with E-state index in [1.54, 1.807) is 24.3 Å². The van der Waals surface area contributed by atoms with Gasteiger partial charge in [-0.05, 0) is 48.0 Å². The molecule has 0 amide bonds. The molecule has 1 aromatic heterocycles. The second-order valence-corrected chi connectivity index (χ2v) is 6.26. The van der Waals surface area contributed by atoms with E-state index in [2.05, 4.69) is 10.1 Å². The number of benzene rings is 3. The predicted octanol–water partition coefficient (Wildman–Crippen LogP) is 3.27. The number of aromatic nitrogens is 2. The molecule has 1 heterocycles. The maximum atomic E-state index is 13.0. The lowest BCUT2D eigenvalue weighted by Crippen LogP contribution is -2.23. The largest absolute Gasteiger partial charge is 0.504 e. The van der Waals surface area contributed by atoms with E-state index in [4.69, 9.17) is 4.74 Å². The van der Waals surface area contributed by atoms with E-state index >= 15 is 0 Å². The summed E-state index contributed by atoms with van der Waals surface area (Å²) >= 11 is 0. The number of hydrogen-bond acceptors (Lipinski definition) is 6. The quantitative estimate of drug-likeness (QED) is 0.405. The van der Waals surface area contributed by atoms with Gasteiger partial charge in [0.15, 0.2) is 17.3 Å². The molecule has 0 atom stereocenters. The van der Waals surface area contributed by atoms with Crippen molar-refractivity contribution in [1.82, 2.24) is 9.66 Å². The van der Waals surface area contributed by atoms with Crippen molar-refractivity contribution >= 4 is 17.1 Å². The zero-order chi connectivity index (χ0) is 20.2. The first-order valence-corrected chi connectivity index (χ1v) is 8.87. The standard InChI is InChI=1S/C22H17N3O4/c26-19-11-10-15(12-20(19)27)13-23-25-21(14-29-16-6-2-1-3-7-16)24-18-9-5-4-8-17(18)22(25)28/h1-13,26-27H,14H2/b23-13+. The first-order valence-electron chi connectivity index (χ1n) is 8.87. The Morgan fingerprint density at radius 2 is 1.72 bits per heavy atom. The molecule has 2 N–H and O–H groups in total. The van der Waals surface area contributed by atoms with Gasteiger partial charge < -0.3 is 14.9 Å². The van der Waals surface area contributed by atoms with E-state index in [9.17, 15) is 15.0 Å². The molecule has 0 unspecified atom stereocenters. The molecule has 7 heteroatoms. The van der Waals surface area contributed by atoms with Crippen molar-refractivity contribution in [2.24, 2.45) is 5.10 Å². The van der Waals surface area contributed by atoms with E-state index in [-0.39, 0.29) is 23.7 Å². The monoisotopic (exact) mass is 387 g/mol. The van der Waals surface area contributed by atoms with Crippen LogP contribution in [0.3, 0.4) is 0 Å². The molecule has 0 spiro atoms. The lowest BCUT2D eigenvalue weighted by molar-refractivity contribution is 0.289. The van der Waals surface area contributed by atoms with E-state index in [0.717, 1.165) is 0 Å². The second kappa shape index (κ2) is 7.85. The Bertz CT molecular complexity index is 1250. The van der Waals surface area contributed by atoms with Gasteiger partial charge in [0.05, 0.1) is 17.1 Å². The zero-order valence-corrected chi connectivity index (χ0v) is 15.3. The van der Waals surface area contributed by atoms with Crippen molar-refractivity contribution in [3.8, 4) is 17.2 Å². The summed E-state index contributed by atoms with van der Waals surface area (Å²) in [6.07, 6.45) is 1.41. The van der Waals surface area contributed by atoms with Crippen molar-refractivity contribution in [1.29, 1.82) is 0 Å². The fourth-order valence-electron chi connectivity index (χ4n) is 2.79. The molecule has 0 aliphatic rings. The van der Waals surface area contributed by atoms with Crippen molar-refractivity contribution in [2.75, 3.05) is 0 Å². The first-order chi connectivity index (χ1) is 14.1. The molecular weight excluding hydrogens is 370 g/mol. The smallest absolute Gasteiger partial charge is 0.282 e. The summed E-state index contributed by atoms with van der Waals surface area (Å²) in [6.45, 7) is 0.0439. The van der Waals surface area contributed by atoms with Crippen molar-refractivity contribution in [2.45, 2.75) is 6.61 Å². The summed E-state index contributed by atoms with van der Waals surface area (Å²) < 4.78 is 6.93. The van der Waals surface area contributed by atoms with Gasteiger partial charge in [-0.15, -0.1) is 0 Å². The number of fused-ring (bicyclic) bond motifs is 1. The number of aromatic hydroxyl groups is 2.